The number of fused-ring (bicyclic) bond motifs is 4. The smallest absolute Gasteiger partial charge is 0.230 e. The number of nitrogens with zero attached hydrogens (tertiary/aromatic N) is 9. The first kappa shape index (κ1) is 48.8. The van der Waals surface area contributed by atoms with Crippen LogP contribution in [-0.4, -0.2) is 88.0 Å². The summed E-state index contributed by atoms with van der Waals surface area (Å²) in [5.74, 6) is 3.95. The third kappa shape index (κ3) is 11.2. The molecule has 358 valence electrons. The summed E-state index contributed by atoms with van der Waals surface area (Å²) >= 11 is 0. The highest BCUT2D eigenvalue weighted by atomic mass is 16.2. The molecule has 2 atom stereocenters. The number of benzene rings is 1. The molecule has 15 heteroatoms. The maximum atomic E-state index is 12.3. The quantitative estimate of drug-likeness (QED) is 0.170. The lowest BCUT2D eigenvalue weighted by Gasteiger charge is -2.32. The van der Waals surface area contributed by atoms with Crippen LogP contribution in [0.4, 0.5) is 11.5 Å². The topological polar surface area (TPSA) is 169 Å². The molecule has 10 rings (SSSR count). The fraction of sp³-hybridized carbons (Fsp3) is 0.538. The van der Waals surface area contributed by atoms with Gasteiger partial charge in [0.05, 0.1) is 53.8 Å². The first-order valence-corrected chi connectivity index (χ1v) is 24.4. The van der Waals surface area contributed by atoms with E-state index in [2.05, 4.69) is 50.2 Å². The van der Waals surface area contributed by atoms with E-state index in [1.165, 1.54) is 24.1 Å². The zero-order chi connectivity index (χ0) is 48.1. The van der Waals surface area contributed by atoms with Gasteiger partial charge in [-0.05, 0) is 44.2 Å². The SMILES string of the molecule is CC(C)C(=O)N1CCC(C)c2n[nH]c(C3CC3)c21.CC(C)C(=O)N1CCC(C)n2nccc21.CC(C)C(=O)N1CCc2ncccc2C1.CC(C)C(=O)N1Cc2nc(-c3ccccc3)[nH]c2C1. The number of nitrogens with one attached hydrogen (secondary N) is 2. The molecule has 2 N–H and O–H groups in total. The molecular formula is C52H71N11O4. The monoisotopic (exact) mass is 914 g/mol. The lowest BCUT2D eigenvalue weighted by atomic mass is 9.95. The lowest BCUT2D eigenvalue weighted by molar-refractivity contribution is -0.136. The molecule has 1 aliphatic carbocycles. The Morgan fingerprint density at radius 2 is 1.31 bits per heavy atom. The summed E-state index contributed by atoms with van der Waals surface area (Å²) in [5, 5.41) is 11.9. The first-order chi connectivity index (χ1) is 32.0. The van der Waals surface area contributed by atoms with Gasteiger partial charge in [-0.2, -0.15) is 10.2 Å². The van der Waals surface area contributed by atoms with Gasteiger partial charge in [-0.1, -0.05) is 98.7 Å². The fourth-order valence-corrected chi connectivity index (χ4v) is 9.01. The van der Waals surface area contributed by atoms with Crippen molar-refractivity contribution in [3.63, 3.8) is 0 Å². The molecular weight excluding hydrogens is 843 g/mol. The second kappa shape index (κ2) is 21.2. The van der Waals surface area contributed by atoms with Crippen molar-refractivity contribution in [3.8, 4) is 11.4 Å². The van der Waals surface area contributed by atoms with Crippen molar-refractivity contribution in [1.82, 2.24) is 44.7 Å². The number of amides is 4. The number of aromatic nitrogens is 7. The Morgan fingerprint density at radius 1 is 0.657 bits per heavy atom. The molecule has 0 bridgehead atoms. The molecule has 5 aliphatic rings. The van der Waals surface area contributed by atoms with Gasteiger partial charge < -0.3 is 19.7 Å². The van der Waals surface area contributed by atoms with Crippen molar-refractivity contribution in [3.05, 3.63) is 95.0 Å². The van der Waals surface area contributed by atoms with Crippen LogP contribution in [-0.2, 0) is 45.2 Å². The molecule has 0 saturated heterocycles. The Labute approximate surface area is 396 Å². The molecule has 1 saturated carbocycles. The lowest BCUT2D eigenvalue weighted by Crippen LogP contribution is -2.40. The molecule has 4 aliphatic heterocycles. The molecule has 2 unspecified atom stereocenters. The summed E-state index contributed by atoms with van der Waals surface area (Å²) in [6.45, 7) is 24.3. The van der Waals surface area contributed by atoms with E-state index in [1.807, 2.05) is 128 Å². The summed E-state index contributed by atoms with van der Waals surface area (Å²) in [5.41, 5.74) is 8.88. The minimum absolute atomic E-state index is 0.0394. The van der Waals surface area contributed by atoms with Gasteiger partial charge >= 0.3 is 0 Å². The van der Waals surface area contributed by atoms with E-state index < -0.39 is 0 Å². The fourth-order valence-electron chi connectivity index (χ4n) is 9.01. The predicted molar refractivity (Wildman–Crippen MR) is 261 cm³/mol. The number of imidazole rings is 1. The normalized spacial score (nSPS) is 18.2. The number of carbonyl (C=O) groups excluding carboxylic acids is 4. The Bertz CT molecular complexity index is 2460. The van der Waals surface area contributed by atoms with Gasteiger partial charge in [-0.25, -0.2) is 9.67 Å². The van der Waals surface area contributed by atoms with Crippen LogP contribution in [0.15, 0.2) is 60.9 Å². The number of aromatic amines is 2. The van der Waals surface area contributed by atoms with E-state index in [0.29, 0.717) is 31.0 Å². The van der Waals surface area contributed by atoms with Gasteiger partial charge in [0.2, 0.25) is 23.6 Å². The number of rotatable bonds is 6. The molecule has 5 aromatic rings. The van der Waals surface area contributed by atoms with Crippen LogP contribution in [0.1, 0.15) is 147 Å². The van der Waals surface area contributed by atoms with Gasteiger partial charge in [-0.3, -0.25) is 34.2 Å². The molecule has 8 heterocycles. The maximum Gasteiger partial charge on any atom is 0.230 e. The van der Waals surface area contributed by atoms with Crippen molar-refractivity contribution >= 4 is 35.1 Å². The van der Waals surface area contributed by atoms with Crippen LogP contribution in [0.25, 0.3) is 11.4 Å². The van der Waals surface area contributed by atoms with Crippen LogP contribution in [0, 0.1) is 23.7 Å². The van der Waals surface area contributed by atoms with E-state index in [9.17, 15) is 19.2 Å². The summed E-state index contributed by atoms with van der Waals surface area (Å²) in [6, 6.07) is 16.3. The number of H-pyrrole nitrogens is 2. The Balaban J connectivity index is 0.000000133. The zero-order valence-electron chi connectivity index (χ0n) is 41.3. The largest absolute Gasteiger partial charge is 0.340 e. The third-order valence-electron chi connectivity index (χ3n) is 13.1. The molecule has 1 aromatic carbocycles. The summed E-state index contributed by atoms with van der Waals surface area (Å²) in [4.78, 5) is 67.9. The predicted octanol–water partition coefficient (Wildman–Crippen LogP) is 8.82. The van der Waals surface area contributed by atoms with E-state index in [1.54, 1.807) is 6.20 Å². The standard InChI is InChI=1S/C15H17N3O.C14H21N3O.C12H16N2O.C11H17N3O/c1-10(2)15(19)18-8-12-13(9-18)17-14(16-12)11-6-4-3-5-7-11;1-8(2)14(18)17-7-6-9(3)11-13(17)12(16-15-11)10-4-5-10;1-9(2)12(15)14-7-5-11-10(8-14)4-3-6-13-11;1-8(2)11(15)13-7-5-9(3)14-10(13)4-6-12-14/h3-7,10H,8-9H2,1-2H3,(H,16,17);8-10H,4-7H2,1-3H3,(H,15,16);3-4,6,9H,5,7-8H2,1-2H3;4,6,8-9H,5,7H2,1-3H3. The number of carbonyl (C=O) groups is 4. The maximum absolute atomic E-state index is 12.3. The van der Waals surface area contributed by atoms with Gasteiger partial charge in [0.1, 0.15) is 11.6 Å². The van der Waals surface area contributed by atoms with Gasteiger partial charge in [0.15, 0.2) is 0 Å². The third-order valence-corrected chi connectivity index (χ3v) is 13.1. The number of anilines is 2. The molecule has 0 radical (unpaired) electrons. The van der Waals surface area contributed by atoms with Crippen molar-refractivity contribution < 1.29 is 19.2 Å². The number of hydrogen-bond acceptors (Lipinski definition) is 8. The van der Waals surface area contributed by atoms with Gasteiger partial charge in [-0.15, -0.1) is 0 Å². The van der Waals surface area contributed by atoms with Crippen LogP contribution in [0.3, 0.4) is 0 Å². The van der Waals surface area contributed by atoms with E-state index >= 15 is 0 Å². The second-order valence-electron chi connectivity index (χ2n) is 19.9. The highest BCUT2D eigenvalue weighted by Crippen LogP contribution is 2.47. The highest BCUT2D eigenvalue weighted by Gasteiger charge is 2.38. The van der Waals surface area contributed by atoms with Crippen molar-refractivity contribution in [2.75, 3.05) is 29.4 Å². The average Bonchev–Trinajstić information content (AvgIpc) is 3.64. The Morgan fingerprint density at radius 3 is 1.97 bits per heavy atom. The van der Waals surface area contributed by atoms with Crippen molar-refractivity contribution in [2.24, 2.45) is 23.7 Å². The molecule has 1 fully saturated rings. The summed E-state index contributed by atoms with van der Waals surface area (Å²) in [6.07, 6.45) is 8.91. The van der Waals surface area contributed by atoms with E-state index in [0.717, 1.165) is 91.1 Å². The summed E-state index contributed by atoms with van der Waals surface area (Å²) < 4.78 is 1.93. The Hall–Kier alpha value is -6.12. The molecule has 0 spiro atoms. The average molecular weight is 914 g/mol. The van der Waals surface area contributed by atoms with Crippen LogP contribution in [0.2, 0.25) is 0 Å². The Kier molecular flexibility index (Phi) is 15.5. The van der Waals surface area contributed by atoms with E-state index in [-0.39, 0.29) is 47.3 Å². The number of hydrogen-bond donors (Lipinski definition) is 2. The molecule has 15 nitrogen and oxygen atoms in total. The molecule has 4 amide bonds. The van der Waals surface area contributed by atoms with Crippen LogP contribution < -0.4 is 9.80 Å². The van der Waals surface area contributed by atoms with Crippen molar-refractivity contribution in [1.29, 1.82) is 0 Å². The van der Waals surface area contributed by atoms with Crippen molar-refractivity contribution in [2.45, 2.75) is 139 Å². The highest BCUT2D eigenvalue weighted by molar-refractivity contribution is 5.96. The molecule has 67 heavy (non-hydrogen) atoms. The van der Waals surface area contributed by atoms with Gasteiger partial charge in [0.25, 0.3) is 0 Å². The molecule has 4 aromatic heterocycles. The second-order valence-corrected chi connectivity index (χ2v) is 19.9. The first-order valence-electron chi connectivity index (χ1n) is 24.4. The summed E-state index contributed by atoms with van der Waals surface area (Å²) in [7, 11) is 0. The van der Waals surface area contributed by atoms with Gasteiger partial charge in [0, 0.05) is 91.6 Å². The minimum Gasteiger partial charge on any atom is -0.340 e. The van der Waals surface area contributed by atoms with Crippen LogP contribution in [0.5, 0.6) is 0 Å². The number of pyridine rings is 1. The van der Waals surface area contributed by atoms with E-state index in [4.69, 9.17) is 0 Å². The minimum atomic E-state index is 0.0394. The van der Waals surface area contributed by atoms with Crippen LogP contribution >= 0.6 is 0 Å². The zero-order valence-corrected chi connectivity index (χ0v) is 41.3.